The van der Waals surface area contributed by atoms with Crippen LogP contribution in [0.15, 0.2) is 36.7 Å². The van der Waals surface area contributed by atoms with Crippen molar-refractivity contribution in [3.05, 3.63) is 48.2 Å². The van der Waals surface area contributed by atoms with Gasteiger partial charge in [-0.3, -0.25) is 9.89 Å². The molecular formula is C21H22FN5O4. The van der Waals surface area contributed by atoms with Gasteiger partial charge in [0.15, 0.2) is 5.82 Å². The number of likely N-dealkylation sites (tertiary alicyclic amines) is 1. The predicted octanol–water partition coefficient (Wildman–Crippen LogP) is 2.71. The number of nitrogens with one attached hydrogen (secondary N) is 1. The van der Waals surface area contributed by atoms with Gasteiger partial charge in [0.2, 0.25) is 0 Å². The Hall–Kier alpha value is -3.69. The van der Waals surface area contributed by atoms with E-state index < -0.39 is 5.82 Å². The van der Waals surface area contributed by atoms with E-state index in [4.69, 9.17) is 14.2 Å². The molecule has 1 aliphatic rings. The van der Waals surface area contributed by atoms with Crippen molar-refractivity contribution in [3.63, 3.8) is 0 Å². The number of halogens is 1. The van der Waals surface area contributed by atoms with E-state index in [1.807, 2.05) is 0 Å². The van der Waals surface area contributed by atoms with Gasteiger partial charge in [-0.1, -0.05) is 0 Å². The number of amides is 1. The highest BCUT2D eigenvalue weighted by molar-refractivity contribution is 5.93. The monoisotopic (exact) mass is 427 g/mol. The number of ether oxygens (including phenoxy) is 3. The molecule has 9 nitrogen and oxygen atoms in total. The maximum Gasteiger partial charge on any atom is 0.316 e. The molecule has 1 aromatic carbocycles. The maximum atomic E-state index is 13.0. The lowest BCUT2D eigenvalue weighted by Gasteiger charge is -2.31. The third-order valence-electron chi connectivity index (χ3n) is 5.02. The first-order valence-corrected chi connectivity index (χ1v) is 9.78. The minimum absolute atomic E-state index is 0.0923. The molecule has 1 unspecified atom stereocenters. The largest absolute Gasteiger partial charge is 0.497 e. The Labute approximate surface area is 178 Å². The number of carbonyl (C=O) groups is 1. The molecule has 4 rings (SSSR count). The standard InChI is InChI=1S/C21H22FN5O4/c1-29-14-5-6-19(30-2)16(8-14)17-9-18(26-25-17)20(28)27-7-3-4-15(12-27)31-21-23-10-13(22)11-24-21/h5-6,8-11,15H,3-4,7,12H2,1-2H3,(H,25,26). The van der Waals surface area contributed by atoms with Crippen molar-refractivity contribution < 1.29 is 23.4 Å². The van der Waals surface area contributed by atoms with Crippen molar-refractivity contribution in [3.8, 4) is 28.8 Å². The Kier molecular flexibility index (Phi) is 5.96. The van der Waals surface area contributed by atoms with Crippen LogP contribution in [0, 0.1) is 5.82 Å². The molecule has 1 saturated heterocycles. The summed E-state index contributed by atoms with van der Waals surface area (Å²) in [5.41, 5.74) is 1.65. The van der Waals surface area contributed by atoms with E-state index in [1.165, 1.54) is 0 Å². The van der Waals surface area contributed by atoms with Crippen LogP contribution in [0.2, 0.25) is 0 Å². The van der Waals surface area contributed by atoms with E-state index in [0.717, 1.165) is 25.2 Å². The molecule has 3 aromatic rings. The molecule has 0 radical (unpaired) electrons. The maximum absolute atomic E-state index is 13.0. The highest BCUT2D eigenvalue weighted by Crippen LogP contribution is 2.32. The molecule has 10 heteroatoms. The molecule has 1 fully saturated rings. The lowest BCUT2D eigenvalue weighted by molar-refractivity contribution is 0.0510. The molecular weight excluding hydrogens is 405 g/mol. The summed E-state index contributed by atoms with van der Waals surface area (Å²) in [4.78, 5) is 22.4. The van der Waals surface area contributed by atoms with Crippen LogP contribution < -0.4 is 14.2 Å². The van der Waals surface area contributed by atoms with E-state index in [2.05, 4.69) is 20.2 Å². The number of methoxy groups -OCH3 is 2. The van der Waals surface area contributed by atoms with E-state index in [9.17, 15) is 9.18 Å². The first-order valence-electron chi connectivity index (χ1n) is 9.78. The van der Waals surface area contributed by atoms with Crippen LogP contribution in [0.4, 0.5) is 4.39 Å². The van der Waals surface area contributed by atoms with Gasteiger partial charge in [0.05, 0.1) is 38.9 Å². The molecule has 2 aromatic heterocycles. The summed E-state index contributed by atoms with van der Waals surface area (Å²) >= 11 is 0. The zero-order chi connectivity index (χ0) is 21.8. The van der Waals surface area contributed by atoms with Gasteiger partial charge < -0.3 is 19.1 Å². The number of aromatic amines is 1. The quantitative estimate of drug-likeness (QED) is 0.645. The number of rotatable bonds is 6. The summed E-state index contributed by atoms with van der Waals surface area (Å²) in [7, 11) is 3.15. The molecule has 1 amide bonds. The topological polar surface area (TPSA) is 102 Å². The minimum Gasteiger partial charge on any atom is -0.497 e. The smallest absolute Gasteiger partial charge is 0.316 e. The first kappa shape index (κ1) is 20.6. The average molecular weight is 427 g/mol. The van der Waals surface area contributed by atoms with Crippen LogP contribution in [0.5, 0.6) is 17.5 Å². The number of aromatic nitrogens is 4. The molecule has 0 bridgehead atoms. The molecule has 0 spiro atoms. The second-order valence-corrected chi connectivity index (χ2v) is 7.05. The van der Waals surface area contributed by atoms with Crippen molar-refractivity contribution in [2.24, 2.45) is 0 Å². The van der Waals surface area contributed by atoms with Crippen LogP contribution in [-0.2, 0) is 0 Å². The van der Waals surface area contributed by atoms with Crippen LogP contribution in [0.1, 0.15) is 23.3 Å². The van der Waals surface area contributed by atoms with E-state index in [0.29, 0.717) is 41.5 Å². The van der Waals surface area contributed by atoms with Gasteiger partial charge in [0, 0.05) is 12.1 Å². The summed E-state index contributed by atoms with van der Waals surface area (Å²) in [6, 6.07) is 7.16. The van der Waals surface area contributed by atoms with Crippen molar-refractivity contribution in [1.29, 1.82) is 0 Å². The molecule has 0 saturated carbocycles. The second kappa shape index (κ2) is 8.99. The third kappa shape index (κ3) is 4.57. The number of benzene rings is 1. The van der Waals surface area contributed by atoms with Gasteiger partial charge in [-0.05, 0) is 37.1 Å². The molecule has 3 heterocycles. The number of nitrogens with zero attached hydrogens (tertiary/aromatic N) is 4. The van der Waals surface area contributed by atoms with Crippen molar-refractivity contribution >= 4 is 5.91 Å². The van der Waals surface area contributed by atoms with Gasteiger partial charge in [-0.2, -0.15) is 5.10 Å². The Morgan fingerprint density at radius 2 is 2.00 bits per heavy atom. The SMILES string of the molecule is COc1ccc(OC)c(-c2cc(C(=O)N3CCCC(Oc4ncc(F)cn4)C3)[nH]n2)c1. The summed E-state index contributed by atoms with van der Waals surface area (Å²) in [6.07, 6.45) is 3.34. The first-order chi connectivity index (χ1) is 15.1. The fourth-order valence-corrected chi connectivity index (χ4v) is 3.48. The normalized spacial score (nSPS) is 16.1. The lowest BCUT2D eigenvalue weighted by atomic mass is 10.1. The molecule has 1 aliphatic heterocycles. The number of hydrogen-bond donors (Lipinski definition) is 1. The number of carbonyl (C=O) groups excluding carboxylic acids is 1. The van der Waals surface area contributed by atoms with E-state index in [-0.39, 0.29) is 18.0 Å². The Morgan fingerprint density at radius 1 is 1.19 bits per heavy atom. The second-order valence-electron chi connectivity index (χ2n) is 7.05. The lowest BCUT2D eigenvalue weighted by Crippen LogP contribution is -2.44. The Balaban J connectivity index is 1.47. The Morgan fingerprint density at radius 3 is 2.74 bits per heavy atom. The minimum atomic E-state index is -0.532. The fraction of sp³-hybridized carbons (Fsp3) is 0.333. The molecule has 31 heavy (non-hydrogen) atoms. The number of piperidine rings is 1. The predicted molar refractivity (Wildman–Crippen MR) is 109 cm³/mol. The highest BCUT2D eigenvalue weighted by Gasteiger charge is 2.27. The summed E-state index contributed by atoms with van der Waals surface area (Å²) in [5.74, 6) is 0.562. The van der Waals surface area contributed by atoms with Crippen molar-refractivity contribution in [2.45, 2.75) is 18.9 Å². The molecule has 0 aliphatic carbocycles. The number of hydrogen-bond acceptors (Lipinski definition) is 7. The van der Waals surface area contributed by atoms with Gasteiger partial charge in [-0.15, -0.1) is 0 Å². The molecule has 162 valence electrons. The highest BCUT2D eigenvalue weighted by atomic mass is 19.1. The zero-order valence-electron chi connectivity index (χ0n) is 17.2. The van der Waals surface area contributed by atoms with Crippen LogP contribution >= 0.6 is 0 Å². The zero-order valence-corrected chi connectivity index (χ0v) is 17.2. The molecule has 1 N–H and O–H groups in total. The summed E-state index contributed by atoms with van der Waals surface area (Å²) in [6.45, 7) is 0.968. The summed E-state index contributed by atoms with van der Waals surface area (Å²) in [5, 5.41) is 7.10. The van der Waals surface area contributed by atoms with Gasteiger partial charge >= 0.3 is 6.01 Å². The molecule has 1 atom stereocenters. The van der Waals surface area contributed by atoms with Crippen LogP contribution in [0.25, 0.3) is 11.3 Å². The average Bonchev–Trinajstić information content (AvgIpc) is 3.30. The fourth-order valence-electron chi connectivity index (χ4n) is 3.48. The van der Waals surface area contributed by atoms with E-state index >= 15 is 0 Å². The number of H-pyrrole nitrogens is 1. The van der Waals surface area contributed by atoms with Crippen molar-refractivity contribution in [2.75, 3.05) is 27.3 Å². The van der Waals surface area contributed by atoms with Crippen molar-refractivity contribution in [1.82, 2.24) is 25.1 Å². The van der Waals surface area contributed by atoms with Gasteiger partial charge in [-0.25, -0.2) is 14.4 Å². The van der Waals surface area contributed by atoms with Gasteiger partial charge in [0.25, 0.3) is 5.91 Å². The van der Waals surface area contributed by atoms with E-state index in [1.54, 1.807) is 43.4 Å². The van der Waals surface area contributed by atoms with Crippen LogP contribution in [0.3, 0.4) is 0 Å². The third-order valence-corrected chi connectivity index (χ3v) is 5.02. The van der Waals surface area contributed by atoms with Gasteiger partial charge in [0.1, 0.15) is 23.3 Å². The Bertz CT molecular complexity index is 1060. The summed E-state index contributed by atoms with van der Waals surface area (Å²) < 4.78 is 29.4. The van der Waals surface area contributed by atoms with Crippen LogP contribution in [-0.4, -0.2) is 64.4 Å².